The van der Waals surface area contributed by atoms with E-state index in [1.807, 2.05) is 24.0 Å². The molecule has 17 heavy (non-hydrogen) atoms. The molecule has 1 heterocycles. The third kappa shape index (κ3) is 5.18. The smallest absolute Gasteiger partial charge is 0.0793 e. The molecule has 0 aliphatic heterocycles. The molecule has 0 aliphatic rings. The third-order valence-corrected chi connectivity index (χ3v) is 2.94. The van der Waals surface area contributed by atoms with Gasteiger partial charge in [0.05, 0.1) is 11.7 Å². The predicted octanol–water partition coefficient (Wildman–Crippen LogP) is 3.21. The number of nitrogens with zero attached hydrogens (tertiary/aromatic N) is 2. The summed E-state index contributed by atoms with van der Waals surface area (Å²) in [6.07, 6.45) is 10.1. The van der Waals surface area contributed by atoms with Crippen molar-refractivity contribution in [3.8, 4) is 0 Å². The van der Waals surface area contributed by atoms with Crippen molar-refractivity contribution in [3.05, 3.63) is 30.6 Å². The number of hydrogen-bond donors (Lipinski definition) is 1. The first-order chi connectivity index (χ1) is 8.27. The average Bonchev–Trinajstić information content (AvgIpc) is 2.74. The molecule has 96 valence electrons. The van der Waals surface area contributed by atoms with E-state index in [9.17, 15) is 0 Å². The maximum Gasteiger partial charge on any atom is 0.0793 e. The lowest BCUT2D eigenvalue weighted by molar-refractivity contribution is 0.470. The van der Waals surface area contributed by atoms with Gasteiger partial charge in [-0.3, -0.25) is 4.68 Å². The van der Waals surface area contributed by atoms with Crippen molar-refractivity contribution in [1.29, 1.82) is 0 Å². The van der Waals surface area contributed by atoms with Crippen LogP contribution < -0.4 is 5.32 Å². The second-order valence-electron chi connectivity index (χ2n) is 4.45. The molecule has 0 saturated heterocycles. The maximum atomic E-state index is 4.48. The third-order valence-electron chi connectivity index (χ3n) is 2.94. The zero-order valence-corrected chi connectivity index (χ0v) is 11.2. The Hall–Kier alpha value is -1.09. The van der Waals surface area contributed by atoms with Crippen LogP contribution in [0.4, 0.5) is 0 Å². The molecule has 1 N–H and O–H groups in total. The minimum absolute atomic E-state index is 0.407. The summed E-state index contributed by atoms with van der Waals surface area (Å²) in [4.78, 5) is 0. The van der Waals surface area contributed by atoms with Gasteiger partial charge in [-0.05, 0) is 31.9 Å². The van der Waals surface area contributed by atoms with Crippen molar-refractivity contribution in [2.45, 2.75) is 45.1 Å². The van der Waals surface area contributed by atoms with Crippen molar-refractivity contribution >= 4 is 0 Å². The fourth-order valence-corrected chi connectivity index (χ4v) is 2.03. The number of allylic oxidation sites excluding steroid dienone is 1. The van der Waals surface area contributed by atoms with Crippen LogP contribution in [0.15, 0.2) is 24.9 Å². The summed E-state index contributed by atoms with van der Waals surface area (Å²) >= 11 is 0. The number of unbranched alkanes of at least 4 members (excludes halogenated alkanes) is 3. The Balaban J connectivity index is 2.35. The van der Waals surface area contributed by atoms with Crippen LogP contribution >= 0.6 is 0 Å². The Morgan fingerprint density at radius 2 is 2.29 bits per heavy atom. The topological polar surface area (TPSA) is 29.9 Å². The SMILES string of the molecule is C=CCCCCCC(NCC)c1ccn(C)n1. The van der Waals surface area contributed by atoms with Crippen LogP contribution in [0.5, 0.6) is 0 Å². The summed E-state index contributed by atoms with van der Waals surface area (Å²) in [5, 5.41) is 7.99. The lowest BCUT2D eigenvalue weighted by Crippen LogP contribution is -2.21. The van der Waals surface area contributed by atoms with Gasteiger partial charge in [0.15, 0.2) is 0 Å². The minimum atomic E-state index is 0.407. The summed E-state index contributed by atoms with van der Waals surface area (Å²) in [6, 6.07) is 2.52. The van der Waals surface area contributed by atoms with Gasteiger partial charge >= 0.3 is 0 Å². The van der Waals surface area contributed by atoms with E-state index < -0.39 is 0 Å². The quantitative estimate of drug-likeness (QED) is 0.526. The minimum Gasteiger partial charge on any atom is -0.309 e. The first kappa shape index (κ1) is 14.0. The van der Waals surface area contributed by atoms with Gasteiger partial charge in [0.1, 0.15) is 0 Å². The molecular weight excluding hydrogens is 210 g/mol. The summed E-state index contributed by atoms with van der Waals surface area (Å²) in [7, 11) is 1.97. The number of rotatable bonds is 9. The lowest BCUT2D eigenvalue weighted by Gasteiger charge is -2.15. The van der Waals surface area contributed by atoms with Crippen molar-refractivity contribution in [2.24, 2.45) is 7.05 Å². The molecule has 1 aromatic heterocycles. The van der Waals surface area contributed by atoms with E-state index in [0.29, 0.717) is 6.04 Å². The van der Waals surface area contributed by atoms with E-state index in [-0.39, 0.29) is 0 Å². The second kappa shape index (κ2) is 8.07. The molecule has 0 saturated carbocycles. The standard InChI is InChI=1S/C14H25N3/c1-4-6-7-8-9-10-13(15-5-2)14-11-12-17(3)16-14/h4,11-13,15H,1,5-10H2,2-3H3. The average molecular weight is 235 g/mol. The van der Waals surface area contributed by atoms with Crippen LogP contribution in [0.1, 0.15) is 50.8 Å². The van der Waals surface area contributed by atoms with Gasteiger partial charge in [-0.15, -0.1) is 6.58 Å². The van der Waals surface area contributed by atoms with Crippen molar-refractivity contribution < 1.29 is 0 Å². The Morgan fingerprint density at radius 1 is 1.47 bits per heavy atom. The Labute approximate surface area is 105 Å². The van der Waals surface area contributed by atoms with E-state index in [0.717, 1.165) is 18.7 Å². The van der Waals surface area contributed by atoms with E-state index in [1.54, 1.807) is 0 Å². The highest BCUT2D eigenvalue weighted by molar-refractivity contribution is 5.05. The highest BCUT2D eigenvalue weighted by Crippen LogP contribution is 2.18. The van der Waals surface area contributed by atoms with Crippen LogP contribution in [0.25, 0.3) is 0 Å². The van der Waals surface area contributed by atoms with Gasteiger partial charge in [0, 0.05) is 13.2 Å². The number of hydrogen-bond acceptors (Lipinski definition) is 2. The van der Waals surface area contributed by atoms with Gasteiger partial charge in [-0.25, -0.2) is 0 Å². The van der Waals surface area contributed by atoms with Crippen LogP contribution in [0.3, 0.4) is 0 Å². The highest BCUT2D eigenvalue weighted by Gasteiger charge is 2.12. The molecule has 0 aromatic carbocycles. The molecule has 1 atom stereocenters. The maximum absolute atomic E-state index is 4.48. The zero-order valence-electron chi connectivity index (χ0n) is 11.2. The largest absolute Gasteiger partial charge is 0.309 e. The molecule has 0 spiro atoms. The van der Waals surface area contributed by atoms with Gasteiger partial charge in [-0.1, -0.05) is 25.8 Å². The summed E-state index contributed by atoms with van der Waals surface area (Å²) < 4.78 is 1.87. The van der Waals surface area contributed by atoms with Crippen LogP contribution in [-0.2, 0) is 7.05 Å². The molecule has 0 amide bonds. The Kier molecular flexibility index (Phi) is 6.63. The predicted molar refractivity (Wildman–Crippen MR) is 72.9 cm³/mol. The van der Waals surface area contributed by atoms with E-state index >= 15 is 0 Å². The monoisotopic (exact) mass is 235 g/mol. The molecule has 0 bridgehead atoms. The molecule has 1 rings (SSSR count). The van der Waals surface area contributed by atoms with E-state index in [2.05, 4.69) is 30.0 Å². The molecular formula is C14H25N3. The lowest BCUT2D eigenvalue weighted by atomic mass is 10.0. The van der Waals surface area contributed by atoms with Gasteiger partial charge in [-0.2, -0.15) is 5.10 Å². The molecule has 0 aliphatic carbocycles. The van der Waals surface area contributed by atoms with E-state index in [1.165, 1.54) is 25.7 Å². The highest BCUT2D eigenvalue weighted by atomic mass is 15.3. The molecule has 0 radical (unpaired) electrons. The first-order valence-electron chi connectivity index (χ1n) is 6.61. The number of nitrogens with one attached hydrogen (secondary N) is 1. The number of aromatic nitrogens is 2. The zero-order chi connectivity index (χ0) is 12.5. The van der Waals surface area contributed by atoms with Crippen LogP contribution in [0, 0.1) is 0 Å². The van der Waals surface area contributed by atoms with Gasteiger partial charge in [0.2, 0.25) is 0 Å². The number of aryl methyl sites for hydroxylation is 1. The molecule has 0 fully saturated rings. The van der Waals surface area contributed by atoms with Gasteiger partial charge in [0.25, 0.3) is 0 Å². The van der Waals surface area contributed by atoms with Crippen LogP contribution in [-0.4, -0.2) is 16.3 Å². The summed E-state index contributed by atoms with van der Waals surface area (Å²) in [5.41, 5.74) is 1.16. The van der Waals surface area contributed by atoms with Crippen molar-refractivity contribution in [2.75, 3.05) is 6.54 Å². The Morgan fingerprint density at radius 3 is 2.88 bits per heavy atom. The first-order valence-corrected chi connectivity index (χ1v) is 6.61. The molecule has 1 aromatic rings. The van der Waals surface area contributed by atoms with Gasteiger partial charge < -0.3 is 5.32 Å². The van der Waals surface area contributed by atoms with E-state index in [4.69, 9.17) is 0 Å². The second-order valence-corrected chi connectivity index (χ2v) is 4.45. The summed E-state index contributed by atoms with van der Waals surface area (Å²) in [6.45, 7) is 6.89. The normalized spacial score (nSPS) is 12.6. The molecule has 3 heteroatoms. The molecule has 1 unspecified atom stereocenters. The summed E-state index contributed by atoms with van der Waals surface area (Å²) in [5.74, 6) is 0. The van der Waals surface area contributed by atoms with Crippen molar-refractivity contribution in [3.63, 3.8) is 0 Å². The van der Waals surface area contributed by atoms with Crippen molar-refractivity contribution in [1.82, 2.24) is 15.1 Å². The fourth-order valence-electron chi connectivity index (χ4n) is 2.03. The Bertz CT molecular complexity index is 317. The van der Waals surface area contributed by atoms with Crippen LogP contribution in [0.2, 0.25) is 0 Å². The molecule has 3 nitrogen and oxygen atoms in total. The fraction of sp³-hybridized carbons (Fsp3) is 0.643.